The van der Waals surface area contributed by atoms with Crippen LogP contribution in [0.3, 0.4) is 0 Å². The zero-order valence-corrected chi connectivity index (χ0v) is 7.94. The molecule has 0 spiro atoms. The smallest absolute Gasteiger partial charge is 0.124 e. The van der Waals surface area contributed by atoms with Crippen LogP contribution in [0.2, 0.25) is 5.02 Å². The van der Waals surface area contributed by atoms with Crippen LogP contribution in [0.15, 0.2) is 18.2 Å². The Balaban J connectivity index is 2.10. The third kappa shape index (κ3) is 2.20. The number of nitrogens with one attached hydrogen (secondary N) is 1. The first-order chi connectivity index (χ1) is 6.24. The average molecular weight is 200 g/mol. The molecule has 1 fully saturated rings. The molecule has 1 aliphatic rings. The zero-order chi connectivity index (χ0) is 9.26. The summed E-state index contributed by atoms with van der Waals surface area (Å²) in [6.45, 7) is 1.08. The molecule has 1 nitrogen and oxygen atoms in total. The average Bonchev–Trinajstić information content (AvgIpc) is 1.95. The van der Waals surface area contributed by atoms with Gasteiger partial charge in [0.25, 0.3) is 0 Å². The summed E-state index contributed by atoms with van der Waals surface area (Å²) in [5.74, 6) is -0.248. The molecule has 0 radical (unpaired) electrons. The molecule has 0 bridgehead atoms. The molecule has 1 unspecified atom stereocenters. The van der Waals surface area contributed by atoms with Gasteiger partial charge in [-0.05, 0) is 43.1 Å². The van der Waals surface area contributed by atoms with Crippen molar-refractivity contribution in [2.24, 2.45) is 0 Å². The molecule has 0 aliphatic carbocycles. The highest BCUT2D eigenvalue weighted by Gasteiger charge is 2.16. The van der Waals surface area contributed by atoms with E-state index in [9.17, 15) is 4.39 Å². The Hall–Kier alpha value is -0.600. The zero-order valence-electron chi connectivity index (χ0n) is 7.19. The van der Waals surface area contributed by atoms with Gasteiger partial charge in [0.1, 0.15) is 5.82 Å². The van der Waals surface area contributed by atoms with E-state index < -0.39 is 0 Å². The molecule has 0 amide bonds. The highest BCUT2D eigenvalue weighted by molar-refractivity contribution is 6.30. The first-order valence-corrected chi connectivity index (χ1v) is 4.80. The molecule has 1 aromatic carbocycles. The van der Waals surface area contributed by atoms with Crippen molar-refractivity contribution in [2.75, 3.05) is 6.54 Å². The molecule has 3 heteroatoms. The molecule has 0 aromatic heterocycles. The summed E-state index contributed by atoms with van der Waals surface area (Å²) in [5.41, 5.74) is 0.974. The second-order valence-electron chi connectivity index (χ2n) is 3.42. The molecule has 1 atom stereocenters. The number of hydrogen-bond acceptors (Lipinski definition) is 1. The van der Waals surface area contributed by atoms with E-state index in [2.05, 4.69) is 5.32 Å². The van der Waals surface area contributed by atoms with Crippen molar-refractivity contribution in [1.82, 2.24) is 5.32 Å². The molecule has 13 heavy (non-hydrogen) atoms. The Morgan fingerprint density at radius 1 is 1.46 bits per heavy atom. The van der Waals surface area contributed by atoms with Crippen LogP contribution in [0, 0.1) is 5.82 Å². The lowest BCUT2D eigenvalue weighted by Crippen LogP contribution is -2.44. The van der Waals surface area contributed by atoms with E-state index in [-0.39, 0.29) is 5.82 Å². The molecular formula is C10H11ClFN. The van der Waals surface area contributed by atoms with Gasteiger partial charge in [-0.2, -0.15) is 0 Å². The van der Waals surface area contributed by atoms with Crippen LogP contribution in [-0.2, 0) is 6.42 Å². The standard InChI is InChI=1S/C10H11ClFN/c11-8-3-7(4-9(12)6-8)5-10-1-2-13-10/h3-4,6,10,13H,1-2,5H2. The number of benzene rings is 1. The number of halogens is 2. The Kier molecular flexibility index (Phi) is 2.51. The van der Waals surface area contributed by atoms with Crippen molar-refractivity contribution in [2.45, 2.75) is 18.9 Å². The predicted molar refractivity (Wildman–Crippen MR) is 51.5 cm³/mol. The molecule has 1 aromatic rings. The summed E-state index contributed by atoms with van der Waals surface area (Å²) in [4.78, 5) is 0. The SMILES string of the molecule is Fc1cc(Cl)cc(CC2CCN2)c1. The van der Waals surface area contributed by atoms with E-state index >= 15 is 0 Å². The largest absolute Gasteiger partial charge is 0.314 e. The lowest BCUT2D eigenvalue weighted by molar-refractivity contribution is 0.369. The normalized spacial score (nSPS) is 21.2. The van der Waals surface area contributed by atoms with E-state index in [1.807, 2.05) is 6.07 Å². The van der Waals surface area contributed by atoms with Crippen LogP contribution < -0.4 is 5.32 Å². The summed E-state index contributed by atoms with van der Waals surface area (Å²) in [7, 11) is 0. The second kappa shape index (κ2) is 3.64. The van der Waals surface area contributed by atoms with Crippen LogP contribution in [0.5, 0.6) is 0 Å². The van der Waals surface area contributed by atoms with Crippen LogP contribution in [-0.4, -0.2) is 12.6 Å². The lowest BCUT2D eigenvalue weighted by atomic mass is 9.98. The monoisotopic (exact) mass is 199 g/mol. The van der Waals surface area contributed by atoms with Gasteiger partial charge in [0.15, 0.2) is 0 Å². The van der Waals surface area contributed by atoms with Crippen molar-refractivity contribution in [3.05, 3.63) is 34.6 Å². The minimum absolute atomic E-state index is 0.248. The van der Waals surface area contributed by atoms with Crippen molar-refractivity contribution < 1.29 is 4.39 Å². The van der Waals surface area contributed by atoms with Crippen molar-refractivity contribution in [3.8, 4) is 0 Å². The van der Waals surface area contributed by atoms with Crippen LogP contribution >= 0.6 is 11.6 Å². The second-order valence-corrected chi connectivity index (χ2v) is 3.86. The third-order valence-corrected chi connectivity index (χ3v) is 2.55. The first kappa shape index (κ1) is 8.97. The summed E-state index contributed by atoms with van der Waals surface area (Å²) in [5, 5.41) is 3.75. The minimum Gasteiger partial charge on any atom is -0.314 e. The van der Waals surface area contributed by atoms with Crippen LogP contribution in [0.4, 0.5) is 4.39 Å². The van der Waals surface area contributed by atoms with Crippen molar-refractivity contribution in [3.63, 3.8) is 0 Å². The van der Waals surface area contributed by atoms with Gasteiger partial charge in [0.2, 0.25) is 0 Å². The fourth-order valence-electron chi connectivity index (χ4n) is 1.54. The molecule has 2 rings (SSSR count). The summed E-state index contributed by atoms with van der Waals surface area (Å²) in [6, 6.07) is 5.22. The van der Waals surface area contributed by atoms with Gasteiger partial charge < -0.3 is 5.32 Å². The fourth-order valence-corrected chi connectivity index (χ4v) is 1.78. The maximum Gasteiger partial charge on any atom is 0.124 e. The van der Waals surface area contributed by atoms with Gasteiger partial charge in [0.05, 0.1) is 0 Å². The van der Waals surface area contributed by atoms with Gasteiger partial charge in [-0.3, -0.25) is 0 Å². The van der Waals surface area contributed by atoms with Gasteiger partial charge in [0, 0.05) is 11.1 Å². The molecule has 1 saturated heterocycles. The van der Waals surface area contributed by atoms with Crippen molar-refractivity contribution in [1.29, 1.82) is 0 Å². The summed E-state index contributed by atoms with van der Waals surface area (Å²) >= 11 is 5.73. The lowest BCUT2D eigenvalue weighted by Gasteiger charge is -2.27. The Morgan fingerprint density at radius 3 is 2.77 bits per heavy atom. The molecule has 1 aliphatic heterocycles. The number of rotatable bonds is 2. The van der Waals surface area contributed by atoms with E-state index in [0.717, 1.165) is 18.5 Å². The molecule has 1 heterocycles. The van der Waals surface area contributed by atoms with E-state index in [0.29, 0.717) is 11.1 Å². The quantitative estimate of drug-likeness (QED) is 0.771. The van der Waals surface area contributed by atoms with Crippen molar-refractivity contribution >= 4 is 11.6 Å². The van der Waals surface area contributed by atoms with E-state index in [1.54, 1.807) is 6.07 Å². The van der Waals surface area contributed by atoms with Crippen LogP contribution in [0.25, 0.3) is 0 Å². The molecular weight excluding hydrogens is 189 g/mol. The highest BCUT2D eigenvalue weighted by Crippen LogP contribution is 2.17. The third-order valence-electron chi connectivity index (χ3n) is 2.33. The molecule has 70 valence electrons. The van der Waals surface area contributed by atoms with E-state index in [1.165, 1.54) is 12.5 Å². The van der Waals surface area contributed by atoms with Gasteiger partial charge in [-0.25, -0.2) is 4.39 Å². The number of hydrogen-bond donors (Lipinski definition) is 1. The highest BCUT2D eigenvalue weighted by atomic mass is 35.5. The Morgan fingerprint density at radius 2 is 2.23 bits per heavy atom. The van der Waals surface area contributed by atoms with Gasteiger partial charge in [-0.15, -0.1) is 0 Å². The van der Waals surface area contributed by atoms with Gasteiger partial charge >= 0.3 is 0 Å². The topological polar surface area (TPSA) is 12.0 Å². The summed E-state index contributed by atoms with van der Waals surface area (Å²) in [6.07, 6.45) is 2.05. The minimum atomic E-state index is -0.248. The molecule has 0 saturated carbocycles. The maximum atomic E-state index is 12.9. The van der Waals surface area contributed by atoms with Gasteiger partial charge in [-0.1, -0.05) is 11.6 Å². The van der Waals surface area contributed by atoms with E-state index in [4.69, 9.17) is 11.6 Å². The molecule has 1 N–H and O–H groups in total. The Bertz CT molecular complexity index is 290. The Labute approximate surface area is 81.9 Å². The predicted octanol–water partition coefficient (Wildman–Crippen LogP) is 2.38. The summed E-state index contributed by atoms with van der Waals surface area (Å²) < 4.78 is 12.9. The first-order valence-electron chi connectivity index (χ1n) is 4.42. The fraction of sp³-hybridized carbons (Fsp3) is 0.400. The van der Waals surface area contributed by atoms with Crippen LogP contribution in [0.1, 0.15) is 12.0 Å². The maximum absolute atomic E-state index is 12.9.